The van der Waals surface area contributed by atoms with Gasteiger partial charge in [-0.2, -0.15) is 9.82 Å². The van der Waals surface area contributed by atoms with Crippen molar-refractivity contribution < 1.29 is 23.2 Å². The average Bonchev–Trinajstić information content (AvgIpc) is 2.90. The third-order valence-electron chi connectivity index (χ3n) is 6.88. The van der Waals surface area contributed by atoms with E-state index in [0.29, 0.717) is 35.1 Å². The maximum absolute atomic E-state index is 13.4. The minimum Gasteiger partial charge on any atom is -0.480 e. The quantitative estimate of drug-likeness (QED) is 0.0715. The van der Waals surface area contributed by atoms with Crippen LogP contribution in [0.3, 0.4) is 0 Å². The van der Waals surface area contributed by atoms with E-state index in [0.717, 1.165) is 22.3 Å². The number of aliphatic carboxylic acids is 1. The second-order valence-corrected chi connectivity index (χ2v) is 11.0. The van der Waals surface area contributed by atoms with Gasteiger partial charge >= 0.3 is 5.97 Å². The van der Waals surface area contributed by atoms with Gasteiger partial charge in [0.25, 0.3) is 5.56 Å². The number of hydrogen-bond acceptors (Lipinski definition) is 8. The molecule has 0 spiro atoms. The number of H-pyrrole nitrogens is 1. The van der Waals surface area contributed by atoms with Crippen LogP contribution < -0.4 is 21.6 Å². The number of sulfonamides is 1. The van der Waals surface area contributed by atoms with E-state index < -0.39 is 27.6 Å². The van der Waals surface area contributed by atoms with Gasteiger partial charge in [-0.15, -0.1) is 0 Å². The van der Waals surface area contributed by atoms with Crippen LogP contribution in [0.1, 0.15) is 45.6 Å². The summed E-state index contributed by atoms with van der Waals surface area (Å²) in [7, 11) is -4.21. The summed E-state index contributed by atoms with van der Waals surface area (Å²) in [5, 5.41) is 13.4. The summed E-state index contributed by atoms with van der Waals surface area (Å²) in [6, 6.07) is 3.52. The zero-order valence-corrected chi connectivity index (χ0v) is 23.8. The molecule has 214 valence electrons. The fraction of sp³-hybridized carbons (Fsp3) is 0.333. The molecule has 0 saturated carbocycles. The Morgan fingerprint density at radius 3 is 2.42 bits per heavy atom. The first-order valence-corrected chi connectivity index (χ1v) is 14.0. The normalized spacial score (nSPS) is 12.9. The van der Waals surface area contributed by atoms with Crippen molar-refractivity contribution in [3.05, 3.63) is 73.8 Å². The van der Waals surface area contributed by atoms with Crippen LogP contribution in [0.2, 0.25) is 0 Å². The van der Waals surface area contributed by atoms with Gasteiger partial charge in [0.1, 0.15) is 18.2 Å². The summed E-state index contributed by atoms with van der Waals surface area (Å²) in [5.74, 6) is 3.60. The summed E-state index contributed by atoms with van der Waals surface area (Å²) >= 11 is 0. The molecule has 0 aliphatic carbocycles. The number of carboxylic acid groups (broad SMARTS) is 1. The van der Waals surface area contributed by atoms with Crippen LogP contribution >= 0.6 is 0 Å². The van der Waals surface area contributed by atoms with E-state index in [2.05, 4.69) is 25.3 Å². The van der Waals surface area contributed by atoms with Gasteiger partial charge in [-0.3, -0.25) is 19.9 Å². The number of carbonyl (C=O) groups is 1. The number of nitrogens with zero attached hydrogens (tertiary/aromatic N) is 2. The number of fused-ring (bicyclic) bond motifs is 1. The predicted octanol–water partition coefficient (Wildman–Crippen LogP) is 2.27. The molecule has 0 fully saturated rings. The Hall–Kier alpha value is -4.07. The molecule has 6 N–H and O–H groups in total. The molecular formula is C27H34N6O6S. The predicted molar refractivity (Wildman–Crippen MR) is 153 cm³/mol. The number of hydrazone groups is 1. The smallest absolute Gasteiger partial charge is 0.322 e. The molecule has 1 heterocycles. The molecule has 0 unspecified atom stereocenters. The highest BCUT2D eigenvalue weighted by molar-refractivity contribution is 7.89. The monoisotopic (exact) mass is 570 g/mol. The highest BCUT2D eigenvalue weighted by atomic mass is 32.2. The Balaban J connectivity index is 1.83. The van der Waals surface area contributed by atoms with E-state index in [1.165, 1.54) is 6.34 Å². The lowest BCUT2D eigenvalue weighted by Crippen LogP contribution is -2.43. The Labute approximate surface area is 232 Å². The summed E-state index contributed by atoms with van der Waals surface area (Å²) in [6.07, 6.45) is 5.13. The molecule has 0 aliphatic rings. The summed E-state index contributed by atoms with van der Waals surface area (Å²) in [4.78, 5) is 37.0. The number of hydrogen-bond donors (Lipinski definition) is 5. The molecular weight excluding hydrogens is 536 g/mol. The van der Waals surface area contributed by atoms with Crippen LogP contribution in [0.25, 0.3) is 17.0 Å². The second kappa shape index (κ2) is 12.9. The minimum atomic E-state index is -4.21. The number of rotatable bonds is 12. The summed E-state index contributed by atoms with van der Waals surface area (Å²) in [6.45, 7) is 9.37. The molecule has 0 bridgehead atoms. The first-order valence-electron chi connectivity index (χ1n) is 12.5. The highest BCUT2D eigenvalue weighted by Gasteiger charge is 2.30. The van der Waals surface area contributed by atoms with Crippen LogP contribution in [0.5, 0.6) is 0 Å². The number of aromatic amines is 1. The molecule has 0 aliphatic heterocycles. The van der Waals surface area contributed by atoms with Gasteiger partial charge in [0.15, 0.2) is 0 Å². The van der Waals surface area contributed by atoms with Crippen LogP contribution in [-0.4, -0.2) is 48.4 Å². The van der Waals surface area contributed by atoms with Gasteiger partial charge in [0.2, 0.25) is 10.0 Å². The van der Waals surface area contributed by atoms with Crippen molar-refractivity contribution in [2.75, 3.05) is 6.61 Å². The Morgan fingerprint density at radius 1 is 1.15 bits per heavy atom. The van der Waals surface area contributed by atoms with E-state index >= 15 is 0 Å². The van der Waals surface area contributed by atoms with Gasteiger partial charge in [-0.1, -0.05) is 18.2 Å². The fourth-order valence-electron chi connectivity index (χ4n) is 4.37. The van der Waals surface area contributed by atoms with Gasteiger partial charge in [0, 0.05) is 6.42 Å². The molecule has 3 aromatic rings. The lowest BCUT2D eigenvalue weighted by atomic mass is 9.95. The standard InChI is InChI=1S/C27H34N6O6S/c1-15-16(2)18(4)25(19(5)17(15)3)40(37,38)33-23(27(35)36)13-24-31-22-10-9-20(12-21(22)26(34)32-24)8-6-7-11-39-30-14-29-28/h6,8-10,12,14,23,33H,7,11,13,28H2,1-5H3,(H,29,30)(H,35,36)(H,31,32,34)/b8-6+/t23-/m0/s1. The van der Waals surface area contributed by atoms with Crippen LogP contribution in [-0.2, 0) is 26.1 Å². The van der Waals surface area contributed by atoms with E-state index in [9.17, 15) is 23.1 Å². The minimum absolute atomic E-state index is 0.0475. The molecule has 0 saturated heterocycles. The number of nitrogens with one attached hydrogen (secondary N) is 3. The highest BCUT2D eigenvalue weighted by Crippen LogP contribution is 2.29. The summed E-state index contributed by atoms with van der Waals surface area (Å²) < 4.78 is 29.1. The zero-order chi connectivity index (χ0) is 29.6. The Kier molecular flexibility index (Phi) is 9.79. The van der Waals surface area contributed by atoms with Crippen LogP contribution in [0.15, 0.2) is 39.1 Å². The number of carboxylic acids is 1. The SMILES string of the molecule is Cc1c(C)c(C)c(S(=O)(=O)N[C@@H](Cc2nc3ccc(/C=C/CCONC=NN)cc3c(=O)[nH]2)C(=O)O)c(C)c1C. The summed E-state index contributed by atoms with van der Waals surface area (Å²) in [5.41, 5.74) is 6.85. The number of hydroxylamine groups is 1. The molecule has 3 rings (SSSR count). The van der Waals surface area contributed by atoms with E-state index in [4.69, 9.17) is 10.7 Å². The largest absolute Gasteiger partial charge is 0.480 e. The average molecular weight is 571 g/mol. The third kappa shape index (κ3) is 6.92. The van der Waals surface area contributed by atoms with Crippen molar-refractivity contribution in [1.82, 2.24) is 20.2 Å². The topological polar surface area (TPSA) is 189 Å². The van der Waals surface area contributed by atoms with E-state index in [1.54, 1.807) is 32.0 Å². The van der Waals surface area contributed by atoms with Crippen molar-refractivity contribution in [3.63, 3.8) is 0 Å². The fourth-order valence-corrected chi connectivity index (χ4v) is 6.15. The van der Waals surface area contributed by atoms with Crippen LogP contribution in [0.4, 0.5) is 0 Å². The second-order valence-electron chi connectivity index (χ2n) is 9.40. The van der Waals surface area contributed by atoms with E-state index in [-0.39, 0.29) is 17.1 Å². The molecule has 1 aromatic heterocycles. The third-order valence-corrected chi connectivity index (χ3v) is 8.62. The maximum Gasteiger partial charge on any atom is 0.322 e. The molecule has 40 heavy (non-hydrogen) atoms. The maximum atomic E-state index is 13.4. The van der Waals surface area contributed by atoms with E-state index in [1.807, 2.05) is 32.9 Å². The number of benzene rings is 2. The van der Waals surface area contributed by atoms with Crippen molar-refractivity contribution >= 4 is 39.3 Å². The lowest BCUT2D eigenvalue weighted by molar-refractivity contribution is -0.139. The Morgan fingerprint density at radius 2 is 1.80 bits per heavy atom. The Bertz CT molecular complexity index is 1620. The van der Waals surface area contributed by atoms with Crippen molar-refractivity contribution in [2.45, 2.75) is 58.4 Å². The molecule has 0 amide bonds. The van der Waals surface area contributed by atoms with Gasteiger partial charge in [0.05, 0.1) is 22.4 Å². The molecule has 1 atom stereocenters. The first kappa shape index (κ1) is 30.5. The first-order chi connectivity index (χ1) is 18.9. The molecule has 2 aromatic carbocycles. The van der Waals surface area contributed by atoms with Crippen molar-refractivity contribution in [2.24, 2.45) is 10.9 Å². The zero-order valence-electron chi connectivity index (χ0n) is 23.0. The number of aromatic nitrogens is 2. The van der Waals surface area contributed by atoms with Crippen molar-refractivity contribution in [3.8, 4) is 0 Å². The number of nitrogens with two attached hydrogens (primary N) is 1. The molecule has 0 radical (unpaired) electrons. The van der Waals surface area contributed by atoms with Gasteiger partial charge in [-0.05, 0) is 86.6 Å². The van der Waals surface area contributed by atoms with Crippen molar-refractivity contribution in [1.29, 1.82) is 0 Å². The van der Waals surface area contributed by atoms with Gasteiger partial charge < -0.3 is 15.9 Å². The molecule has 12 nitrogen and oxygen atoms in total. The lowest BCUT2D eigenvalue weighted by Gasteiger charge is -2.21. The van der Waals surface area contributed by atoms with Gasteiger partial charge in [-0.25, -0.2) is 13.4 Å². The van der Waals surface area contributed by atoms with Crippen LogP contribution in [0, 0.1) is 34.6 Å². The molecule has 13 heteroatoms.